The van der Waals surface area contributed by atoms with E-state index < -0.39 is 23.7 Å². The first-order valence-corrected chi connectivity index (χ1v) is 10.9. The van der Waals surface area contributed by atoms with Crippen LogP contribution in [0.1, 0.15) is 37.6 Å². The SMILES string of the molecule is Cc1ccccc1-n1nc(C(C)(C)C)cc1NC(=O)CN(C)C(=O)Nc1cccc(C(F)(F)F)c1. The zero-order valence-corrected chi connectivity index (χ0v) is 20.2. The molecule has 3 rings (SSSR count). The normalized spacial score (nSPS) is 11.8. The second kappa shape index (κ2) is 9.81. The molecule has 0 aliphatic rings. The summed E-state index contributed by atoms with van der Waals surface area (Å²) in [6, 6.07) is 13.0. The monoisotopic (exact) mass is 487 g/mol. The molecule has 7 nitrogen and oxygen atoms in total. The van der Waals surface area contributed by atoms with Crippen molar-refractivity contribution in [3.05, 3.63) is 71.4 Å². The minimum atomic E-state index is -4.53. The molecule has 0 radical (unpaired) electrons. The van der Waals surface area contributed by atoms with Gasteiger partial charge in [-0.2, -0.15) is 18.3 Å². The summed E-state index contributed by atoms with van der Waals surface area (Å²) in [4.78, 5) is 26.3. The average Bonchev–Trinajstić information content (AvgIpc) is 3.17. The number of aryl methyl sites for hydroxylation is 1. The van der Waals surface area contributed by atoms with E-state index in [1.54, 1.807) is 10.7 Å². The van der Waals surface area contributed by atoms with Crippen LogP contribution in [0.5, 0.6) is 0 Å². The van der Waals surface area contributed by atoms with E-state index in [-0.39, 0.29) is 17.6 Å². The Morgan fingerprint density at radius 1 is 1.00 bits per heavy atom. The molecule has 0 bridgehead atoms. The van der Waals surface area contributed by atoms with Crippen LogP contribution in [0, 0.1) is 6.92 Å². The Labute approximate surface area is 201 Å². The zero-order valence-electron chi connectivity index (χ0n) is 20.2. The molecule has 2 aromatic carbocycles. The van der Waals surface area contributed by atoms with Gasteiger partial charge in [-0.05, 0) is 36.8 Å². The highest BCUT2D eigenvalue weighted by molar-refractivity contribution is 5.96. The number of halogens is 3. The van der Waals surface area contributed by atoms with Gasteiger partial charge in [0.25, 0.3) is 0 Å². The fourth-order valence-electron chi connectivity index (χ4n) is 3.28. The van der Waals surface area contributed by atoms with Crippen LogP contribution in [-0.4, -0.2) is 40.2 Å². The van der Waals surface area contributed by atoms with E-state index in [9.17, 15) is 22.8 Å². The number of urea groups is 1. The number of carbonyl (C=O) groups is 2. The lowest BCUT2D eigenvalue weighted by Crippen LogP contribution is -2.38. The molecule has 0 unspecified atom stereocenters. The Morgan fingerprint density at radius 2 is 1.69 bits per heavy atom. The van der Waals surface area contributed by atoms with Crippen molar-refractivity contribution < 1.29 is 22.8 Å². The lowest BCUT2D eigenvalue weighted by molar-refractivity contribution is -0.137. The molecule has 10 heteroatoms. The van der Waals surface area contributed by atoms with Crippen molar-refractivity contribution in [3.63, 3.8) is 0 Å². The number of benzene rings is 2. The summed E-state index contributed by atoms with van der Waals surface area (Å²) in [5.74, 6) is -0.0391. The molecule has 0 atom stereocenters. The molecule has 0 fully saturated rings. The van der Waals surface area contributed by atoms with Gasteiger partial charge in [0, 0.05) is 24.2 Å². The molecule has 0 aliphatic carbocycles. The first-order chi connectivity index (χ1) is 16.3. The maximum atomic E-state index is 12.9. The van der Waals surface area contributed by atoms with Crippen molar-refractivity contribution in [2.45, 2.75) is 39.3 Å². The number of carbonyl (C=O) groups excluding carboxylic acids is 2. The summed E-state index contributed by atoms with van der Waals surface area (Å²) in [5, 5.41) is 9.86. The van der Waals surface area contributed by atoms with Gasteiger partial charge < -0.3 is 15.5 Å². The molecule has 0 aliphatic heterocycles. The van der Waals surface area contributed by atoms with E-state index in [1.165, 1.54) is 19.2 Å². The summed E-state index contributed by atoms with van der Waals surface area (Å²) in [5.41, 5.74) is 1.36. The number of nitrogens with zero attached hydrogens (tertiary/aromatic N) is 3. The van der Waals surface area contributed by atoms with Crippen LogP contribution >= 0.6 is 0 Å². The highest BCUT2D eigenvalue weighted by Crippen LogP contribution is 2.31. The Kier molecular flexibility index (Phi) is 7.23. The topological polar surface area (TPSA) is 79.3 Å². The molecule has 3 amide bonds. The van der Waals surface area contributed by atoms with Crippen LogP contribution in [0.2, 0.25) is 0 Å². The maximum Gasteiger partial charge on any atom is 0.416 e. The van der Waals surface area contributed by atoms with Crippen LogP contribution in [0.3, 0.4) is 0 Å². The lowest BCUT2D eigenvalue weighted by atomic mass is 9.92. The number of amides is 3. The standard InChI is InChI=1S/C25H28F3N5O2/c1-16-9-6-7-12-19(16)33-21(14-20(31-33)24(2,3)4)30-22(34)15-32(5)23(35)29-18-11-8-10-17(13-18)25(26,27)28/h6-14H,15H2,1-5H3,(H,29,35)(H,30,34). The third kappa shape index (κ3) is 6.40. The summed E-state index contributed by atoms with van der Waals surface area (Å²) in [6.45, 7) is 7.64. The van der Waals surface area contributed by atoms with E-state index in [4.69, 9.17) is 0 Å². The average molecular weight is 488 g/mol. The number of alkyl halides is 3. The van der Waals surface area contributed by atoms with E-state index in [0.717, 1.165) is 34.0 Å². The predicted octanol–water partition coefficient (Wildman–Crippen LogP) is 5.60. The van der Waals surface area contributed by atoms with Crippen molar-refractivity contribution >= 4 is 23.4 Å². The summed E-state index contributed by atoms with van der Waals surface area (Å²) < 4.78 is 40.4. The zero-order chi connectivity index (χ0) is 26.0. The van der Waals surface area contributed by atoms with Gasteiger partial charge in [-0.1, -0.05) is 45.0 Å². The van der Waals surface area contributed by atoms with Crippen molar-refractivity contribution in [3.8, 4) is 5.69 Å². The number of para-hydroxylation sites is 1. The predicted molar refractivity (Wildman–Crippen MR) is 129 cm³/mol. The molecule has 0 saturated carbocycles. The highest BCUT2D eigenvalue weighted by atomic mass is 19.4. The van der Waals surface area contributed by atoms with Crippen LogP contribution in [-0.2, 0) is 16.4 Å². The number of anilines is 2. The molecule has 3 aromatic rings. The van der Waals surface area contributed by atoms with Gasteiger partial charge in [-0.3, -0.25) is 4.79 Å². The summed E-state index contributed by atoms with van der Waals surface area (Å²) >= 11 is 0. The van der Waals surface area contributed by atoms with Crippen LogP contribution < -0.4 is 10.6 Å². The second-order valence-electron chi connectivity index (χ2n) is 9.28. The fraction of sp³-hybridized carbons (Fsp3) is 0.320. The van der Waals surface area contributed by atoms with Gasteiger partial charge in [0.05, 0.1) is 16.9 Å². The molecule has 2 N–H and O–H groups in total. The Morgan fingerprint density at radius 3 is 2.31 bits per heavy atom. The van der Waals surface area contributed by atoms with Gasteiger partial charge in [0.1, 0.15) is 12.4 Å². The van der Waals surface area contributed by atoms with Gasteiger partial charge >= 0.3 is 12.2 Å². The van der Waals surface area contributed by atoms with Crippen molar-refractivity contribution in [2.24, 2.45) is 0 Å². The van der Waals surface area contributed by atoms with Crippen molar-refractivity contribution in [1.29, 1.82) is 0 Å². The molecule has 1 aromatic heterocycles. The van der Waals surface area contributed by atoms with E-state index in [2.05, 4.69) is 15.7 Å². The van der Waals surface area contributed by atoms with E-state index in [0.29, 0.717) is 5.82 Å². The van der Waals surface area contributed by atoms with Gasteiger partial charge in [0.15, 0.2) is 0 Å². The first kappa shape index (κ1) is 25.8. The Hall–Kier alpha value is -3.82. The number of nitrogens with one attached hydrogen (secondary N) is 2. The van der Waals surface area contributed by atoms with E-state index in [1.807, 2.05) is 52.0 Å². The fourth-order valence-corrected chi connectivity index (χ4v) is 3.28. The summed E-state index contributed by atoms with van der Waals surface area (Å²) in [6.07, 6.45) is -4.53. The van der Waals surface area contributed by atoms with Crippen molar-refractivity contribution in [2.75, 3.05) is 24.2 Å². The quantitative estimate of drug-likeness (QED) is 0.492. The van der Waals surface area contributed by atoms with Gasteiger partial charge in [-0.25, -0.2) is 9.48 Å². The number of rotatable bonds is 5. The molecular weight excluding hydrogens is 459 g/mol. The Bertz CT molecular complexity index is 1230. The third-order valence-corrected chi connectivity index (χ3v) is 5.26. The van der Waals surface area contributed by atoms with Gasteiger partial charge in [-0.15, -0.1) is 0 Å². The maximum absolute atomic E-state index is 12.9. The molecule has 1 heterocycles. The minimum Gasteiger partial charge on any atom is -0.318 e. The van der Waals surface area contributed by atoms with Crippen molar-refractivity contribution in [1.82, 2.24) is 14.7 Å². The summed E-state index contributed by atoms with van der Waals surface area (Å²) in [7, 11) is 1.38. The number of hydrogen-bond acceptors (Lipinski definition) is 3. The second-order valence-corrected chi connectivity index (χ2v) is 9.28. The highest BCUT2D eigenvalue weighted by Gasteiger charge is 2.30. The van der Waals surface area contributed by atoms with Crippen LogP contribution in [0.15, 0.2) is 54.6 Å². The van der Waals surface area contributed by atoms with Crippen LogP contribution in [0.25, 0.3) is 5.69 Å². The number of hydrogen-bond donors (Lipinski definition) is 2. The first-order valence-electron chi connectivity index (χ1n) is 10.9. The minimum absolute atomic E-state index is 0.0236. The van der Waals surface area contributed by atoms with E-state index >= 15 is 0 Å². The lowest BCUT2D eigenvalue weighted by Gasteiger charge is -2.18. The Balaban J connectivity index is 1.74. The van der Waals surface area contributed by atoms with Gasteiger partial charge in [0.2, 0.25) is 5.91 Å². The van der Waals surface area contributed by atoms with Crippen LogP contribution in [0.4, 0.5) is 29.5 Å². The number of likely N-dealkylation sites (N-methyl/N-ethyl adjacent to an activating group) is 1. The molecule has 0 saturated heterocycles. The molecule has 35 heavy (non-hydrogen) atoms. The smallest absolute Gasteiger partial charge is 0.318 e. The molecule has 0 spiro atoms. The molecular formula is C25H28F3N5O2. The largest absolute Gasteiger partial charge is 0.416 e. The number of aromatic nitrogens is 2. The molecule has 186 valence electrons. The third-order valence-electron chi connectivity index (χ3n) is 5.26.